The third-order valence-electron chi connectivity index (χ3n) is 4.69. The fourth-order valence-corrected chi connectivity index (χ4v) is 3.34. The summed E-state index contributed by atoms with van der Waals surface area (Å²) >= 11 is 0. The van der Waals surface area contributed by atoms with Crippen LogP contribution >= 0.6 is 0 Å². The summed E-state index contributed by atoms with van der Waals surface area (Å²) in [7, 11) is 0. The molecule has 0 bridgehead atoms. The maximum Gasteiger partial charge on any atom is 0.416 e. The lowest BCUT2D eigenvalue weighted by Crippen LogP contribution is -2.38. The molecule has 1 aromatic rings. The Morgan fingerprint density at radius 3 is 2.59 bits per heavy atom. The van der Waals surface area contributed by atoms with Crippen molar-refractivity contribution in [3.8, 4) is 0 Å². The van der Waals surface area contributed by atoms with E-state index in [1.54, 1.807) is 18.0 Å². The summed E-state index contributed by atoms with van der Waals surface area (Å²) in [5, 5.41) is 0. The van der Waals surface area contributed by atoms with Crippen LogP contribution in [0.1, 0.15) is 78.3 Å². The normalized spacial score (nSPS) is 17.5. The van der Waals surface area contributed by atoms with Gasteiger partial charge in [-0.2, -0.15) is 0 Å². The number of hydrogen-bond acceptors (Lipinski definition) is 4. The lowest BCUT2D eigenvalue weighted by atomic mass is 9.96. The van der Waals surface area contributed by atoms with E-state index in [1.165, 1.54) is 0 Å². The number of amides is 2. The molecule has 0 N–H and O–H groups in total. The smallest absolute Gasteiger partial charge is 0.416 e. The topological polar surface area (TPSA) is 62.7 Å². The van der Waals surface area contributed by atoms with Crippen LogP contribution in [0.5, 0.6) is 0 Å². The monoisotopic (exact) mass is 375 g/mol. The number of aromatic nitrogens is 1. The van der Waals surface area contributed by atoms with E-state index in [4.69, 9.17) is 4.74 Å². The Kier molecular flexibility index (Phi) is 7.22. The predicted octanol–water partition coefficient (Wildman–Crippen LogP) is 4.70. The van der Waals surface area contributed by atoms with E-state index in [-0.39, 0.29) is 18.0 Å². The maximum absolute atomic E-state index is 12.6. The molecule has 1 atom stereocenters. The average molecular weight is 376 g/mol. The quantitative estimate of drug-likeness (QED) is 0.748. The first-order chi connectivity index (χ1) is 12.7. The third kappa shape index (κ3) is 5.94. The van der Waals surface area contributed by atoms with Gasteiger partial charge in [0.05, 0.1) is 6.04 Å². The number of ether oxygens (including phenoxy) is 1. The molecule has 6 nitrogen and oxygen atoms in total. The number of piperidine rings is 1. The van der Waals surface area contributed by atoms with Gasteiger partial charge in [0.25, 0.3) is 0 Å². The molecule has 0 spiro atoms. The van der Waals surface area contributed by atoms with Crippen molar-refractivity contribution >= 4 is 17.8 Å². The van der Waals surface area contributed by atoms with Crippen molar-refractivity contribution < 1.29 is 14.3 Å². The molecule has 1 fully saturated rings. The Bertz CT molecular complexity index is 637. The number of rotatable bonds is 5. The highest BCUT2D eigenvalue weighted by Gasteiger charge is 2.27. The highest BCUT2D eigenvalue weighted by Crippen LogP contribution is 2.31. The molecule has 0 radical (unpaired) electrons. The number of hydrogen-bond donors (Lipinski definition) is 0. The molecule has 27 heavy (non-hydrogen) atoms. The molecule has 2 amide bonds. The van der Waals surface area contributed by atoms with E-state index < -0.39 is 5.60 Å². The van der Waals surface area contributed by atoms with Crippen molar-refractivity contribution in [3.63, 3.8) is 0 Å². The van der Waals surface area contributed by atoms with Gasteiger partial charge in [0.2, 0.25) is 5.91 Å². The summed E-state index contributed by atoms with van der Waals surface area (Å²) in [5.74, 6) is 0.689. The Balaban J connectivity index is 2.20. The Morgan fingerprint density at radius 1 is 1.30 bits per heavy atom. The molecule has 0 unspecified atom stereocenters. The van der Waals surface area contributed by atoms with Crippen LogP contribution in [0.3, 0.4) is 0 Å². The van der Waals surface area contributed by atoms with Gasteiger partial charge in [0.1, 0.15) is 11.4 Å². The van der Waals surface area contributed by atoms with Crippen molar-refractivity contribution in [2.45, 2.75) is 78.4 Å². The summed E-state index contributed by atoms with van der Waals surface area (Å²) in [5.41, 5.74) is 0.472. The van der Waals surface area contributed by atoms with E-state index >= 15 is 0 Å². The Labute approximate surface area is 162 Å². The van der Waals surface area contributed by atoms with Crippen LogP contribution in [0.25, 0.3) is 0 Å². The molecule has 2 rings (SSSR count). The second-order valence-electron chi connectivity index (χ2n) is 8.16. The van der Waals surface area contributed by atoms with Gasteiger partial charge in [0.15, 0.2) is 0 Å². The molecule has 0 aromatic carbocycles. The third-order valence-corrected chi connectivity index (χ3v) is 4.69. The molecule has 1 aliphatic rings. The molecule has 150 valence electrons. The number of anilines is 1. The molecule has 0 saturated carbocycles. The van der Waals surface area contributed by atoms with E-state index in [1.807, 2.05) is 37.8 Å². The largest absolute Gasteiger partial charge is 0.443 e. The summed E-state index contributed by atoms with van der Waals surface area (Å²) in [4.78, 5) is 32.6. The van der Waals surface area contributed by atoms with Gasteiger partial charge in [0, 0.05) is 26.2 Å². The Hall–Kier alpha value is -2.11. The molecular weight excluding hydrogens is 342 g/mol. The van der Waals surface area contributed by atoms with Gasteiger partial charge >= 0.3 is 6.09 Å². The number of pyridine rings is 1. The first-order valence-corrected chi connectivity index (χ1v) is 9.96. The molecule has 0 aliphatic carbocycles. The fourth-order valence-electron chi connectivity index (χ4n) is 3.34. The summed E-state index contributed by atoms with van der Waals surface area (Å²) in [6.07, 6.45) is 6.38. The number of carbonyl (C=O) groups excluding carboxylic acids is 2. The number of unbranched alkanes of at least 4 members (excludes halogenated alkanes) is 1. The maximum atomic E-state index is 12.6. The molecular formula is C21H33N3O3. The first-order valence-electron chi connectivity index (χ1n) is 9.96. The van der Waals surface area contributed by atoms with Gasteiger partial charge in [-0.05, 0) is 58.1 Å². The second kappa shape index (κ2) is 9.20. The van der Waals surface area contributed by atoms with E-state index in [0.29, 0.717) is 12.4 Å². The average Bonchev–Trinajstić information content (AvgIpc) is 2.61. The minimum Gasteiger partial charge on any atom is -0.443 e. The van der Waals surface area contributed by atoms with Gasteiger partial charge in [-0.1, -0.05) is 19.4 Å². The minimum atomic E-state index is -0.550. The van der Waals surface area contributed by atoms with Crippen molar-refractivity contribution in [1.29, 1.82) is 0 Å². The first kappa shape index (κ1) is 21.2. The SMILES string of the molecule is CCCCN(C(=O)OC(C)(C)C)c1ccc([C@@H]2CCCCN2C(C)=O)cn1. The van der Waals surface area contributed by atoms with Gasteiger partial charge < -0.3 is 9.64 Å². The lowest BCUT2D eigenvalue weighted by molar-refractivity contribution is -0.132. The van der Waals surface area contributed by atoms with Gasteiger partial charge in [-0.25, -0.2) is 9.78 Å². The molecule has 1 aliphatic heterocycles. The van der Waals surface area contributed by atoms with E-state index in [0.717, 1.165) is 44.2 Å². The minimum absolute atomic E-state index is 0.0726. The summed E-state index contributed by atoms with van der Waals surface area (Å²) in [6.45, 7) is 10.7. The van der Waals surface area contributed by atoms with Crippen molar-refractivity contribution in [1.82, 2.24) is 9.88 Å². The van der Waals surface area contributed by atoms with Gasteiger partial charge in [-0.15, -0.1) is 0 Å². The number of nitrogens with zero attached hydrogens (tertiary/aromatic N) is 3. The molecule has 6 heteroatoms. The highest BCUT2D eigenvalue weighted by molar-refractivity contribution is 5.86. The van der Waals surface area contributed by atoms with Crippen LogP contribution in [0.4, 0.5) is 10.6 Å². The van der Waals surface area contributed by atoms with Crippen LogP contribution in [-0.2, 0) is 9.53 Å². The lowest BCUT2D eigenvalue weighted by Gasteiger charge is -2.35. The fraction of sp³-hybridized carbons (Fsp3) is 0.667. The molecule has 1 saturated heterocycles. The van der Waals surface area contributed by atoms with Crippen LogP contribution < -0.4 is 4.90 Å². The predicted molar refractivity (Wildman–Crippen MR) is 107 cm³/mol. The van der Waals surface area contributed by atoms with Crippen molar-refractivity contribution in [2.24, 2.45) is 0 Å². The van der Waals surface area contributed by atoms with Gasteiger partial charge in [-0.3, -0.25) is 9.69 Å². The van der Waals surface area contributed by atoms with Crippen molar-refractivity contribution in [3.05, 3.63) is 23.9 Å². The van der Waals surface area contributed by atoms with Crippen LogP contribution in [0, 0.1) is 0 Å². The standard InChI is InChI=1S/C21H33N3O3/c1-6-7-13-24(20(26)27-21(3,4)5)19-12-11-17(15-22-19)18-10-8-9-14-23(18)16(2)25/h11-12,15,18H,6-10,13-14H2,1-5H3/t18-/m0/s1. The van der Waals surface area contributed by atoms with E-state index in [9.17, 15) is 9.59 Å². The Morgan fingerprint density at radius 2 is 2.04 bits per heavy atom. The summed E-state index contributed by atoms with van der Waals surface area (Å²) < 4.78 is 5.54. The second-order valence-corrected chi connectivity index (χ2v) is 8.16. The number of carbonyl (C=O) groups is 2. The molecule has 2 heterocycles. The molecule has 1 aromatic heterocycles. The van der Waals surface area contributed by atoms with Crippen LogP contribution in [0.2, 0.25) is 0 Å². The van der Waals surface area contributed by atoms with Crippen LogP contribution in [-0.4, -0.2) is 40.6 Å². The number of likely N-dealkylation sites (tertiary alicyclic amines) is 1. The zero-order valence-electron chi connectivity index (χ0n) is 17.3. The highest BCUT2D eigenvalue weighted by atomic mass is 16.6. The zero-order chi connectivity index (χ0) is 20.0. The van der Waals surface area contributed by atoms with E-state index in [2.05, 4.69) is 11.9 Å². The summed E-state index contributed by atoms with van der Waals surface area (Å²) in [6, 6.07) is 3.92. The zero-order valence-corrected chi connectivity index (χ0v) is 17.3. The van der Waals surface area contributed by atoms with Crippen molar-refractivity contribution in [2.75, 3.05) is 18.0 Å². The van der Waals surface area contributed by atoms with Crippen LogP contribution in [0.15, 0.2) is 18.3 Å².